The summed E-state index contributed by atoms with van der Waals surface area (Å²) in [5, 5.41) is 0. The Morgan fingerprint density at radius 2 is 1.88 bits per heavy atom. The van der Waals surface area contributed by atoms with E-state index < -0.39 is 9.84 Å². The van der Waals surface area contributed by atoms with Gasteiger partial charge in [-0.1, -0.05) is 38.2 Å². The Morgan fingerprint density at radius 3 is 2.29 bits per heavy atom. The first kappa shape index (κ1) is 14.1. The van der Waals surface area contributed by atoms with E-state index in [9.17, 15) is 8.42 Å². The van der Waals surface area contributed by atoms with E-state index >= 15 is 0 Å². The SMILES string of the molecule is CCS(=O)(=O)c1ccc(CC(C)C(N)=S)cc1. The van der Waals surface area contributed by atoms with Crippen molar-refractivity contribution in [2.24, 2.45) is 11.7 Å². The molecule has 0 aliphatic rings. The molecule has 0 radical (unpaired) electrons. The second-order valence-corrected chi connectivity index (χ2v) is 6.80. The molecular weight excluding hydrogens is 254 g/mol. The largest absolute Gasteiger partial charge is 0.393 e. The van der Waals surface area contributed by atoms with Crippen LogP contribution in [0.4, 0.5) is 0 Å². The van der Waals surface area contributed by atoms with Gasteiger partial charge in [-0.25, -0.2) is 8.42 Å². The minimum absolute atomic E-state index is 0.121. The standard InChI is InChI=1S/C12H17NO2S2/c1-3-17(14,15)11-6-4-10(5-7-11)8-9(2)12(13)16/h4-7,9H,3,8H2,1-2H3,(H2,13,16). The van der Waals surface area contributed by atoms with Gasteiger partial charge in [0.15, 0.2) is 9.84 Å². The Kier molecular flexibility index (Phi) is 4.65. The molecule has 0 saturated carbocycles. The van der Waals surface area contributed by atoms with E-state index in [1.165, 1.54) is 0 Å². The highest BCUT2D eigenvalue weighted by atomic mass is 32.2. The molecule has 94 valence electrons. The molecule has 3 nitrogen and oxygen atoms in total. The van der Waals surface area contributed by atoms with Crippen LogP contribution in [-0.2, 0) is 16.3 Å². The lowest BCUT2D eigenvalue weighted by Gasteiger charge is -2.09. The van der Waals surface area contributed by atoms with Crippen LogP contribution >= 0.6 is 12.2 Å². The van der Waals surface area contributed by atoms with Crippen LogP contribution in [0.3, 0.4) is 0 Å². The molecule has 1 rings (SSSR count). The Bertz CT molecular complexity index is 492. The molecular formula is C12H17NO2S2. The average Bonchev–Trinajstić information content (AvgIpc) is 2.29. The van der Waals surface area contributed by atoms with Crippen LogP contribution in [0.2, 0.25) is 0 Å². The fourth-order valence-electron chi connectivity index (χ4n) is 1.45. The van der Waals surface area contributed by atoms with Crippen LogP contribution in [0.15, 0.2) is 29.2 Å². The number of hydrogen-bond donors (Lipinski definition) is 1. The molecule has 1 aromatic rings. The maximum absolute atomic E-state index is 11.6. The van der Waals surface area contributed by atoms with Crippen molar-refractivity contribution in [3.05, 3.63) is 29.8 Å². The lowest BCUT2D eigenvalue weighted by atomic mass is 10.0. The molecule has 0 bridgehead atoms. The first-order valence-corrected chi connectivity index (χ1v) is 7.54. The zero-order valence-corrected chi connectivity index (χ0v) is 11.6. The number of benzene rings is 1. The molecule has 17 heavy (non-hydrogen) atoms. The van der Waals surface area contributed by atoms with Gasteiger partial charge in [-0.2, -0.15) is 0 Å². The summed E-state index contributed by atoms with van der Waals surface area (Å²) >= 11 is 4.90. The topological polar surface area (TPSA) is 60.2 Å². The number of sulfone groups is 1. The third-order valence-corrected chi connectivity index (χ3v) is 4.84. The van der Waals surface area contributed by atoms with Gasteiger partial charge in [-0.3, -0.25) is 0 Å². The fourth-order valence-corrected chi connectivity index (χ4v) is 2.42. The highest BCUT2D eigenvalue weighted by molar-refractivity contribution is 7.91. The molecule has 0 aliphatic heterocycles. The second kappa shape index (κ2) is 5.60. The van der Waals surface area contributed by atoms with Gasteiger partial charge in [0, 0.05) is 5.92 Å². The molecule has 1 unspecified atom stereocenters. The summed E-state index contributed by atoms with van der Waals surface area (Å²) in [5.74, 6) is 0.244. The van der Waals surface area contributed by atoms with E-state index in [2.05, 4.69) is 0 Å². The van der Waals surface area contributed by atoms with Crippen LogP contribution in [0.5, 0.6) is 0 Å². The highest BCUT2D eigenvalue weighted by Crippen LogP contribution is 2.15. The number of hydrogen-bond acceptors (Lipinski definition) is 3. The average molecular weight is 271 g/mol. The van der Waals surface area contributed by atoms with Crippen LogP contribution in [0, 0.1) is 5.92 Å². The zero-order chi connectivity index (χ0) is 13.1. The normalized spacial score (nSPS) is 13.3. The summed E-state index contributed by atoms with van der Waals surface area (Å²) in [6.45, 7) is 3.59. The van der Waals surface area contributed by atoms with Gasteiger partial charge in [-0.05, 0) is 24.1 Å². The van der Waals surface area contributed by atoms with Gasteiger partial charge in [0.1, 0.15) is 0 Å². The zero-order valence-electron chi connectivity index (χ0n) is 10.0. The number of rotatable bonds is 5. The molecule has 2 N–H and O–H groups in total. The summed E-state index contributed by atoms with van der Waals surface area (Å²) in [4.78, 5) is 0.849. The molecule has 0 saturated heterocycles. The van der Waals surface area contributed by atoms with Gasteiger partial charge in [-0.15, -0.1) is 0 Å². The van der Waals surface area contributed by atoms with Crippen molar-refractivity contribution in [3.63, 3.8) is 0 Å². The molecule has 0 aliphatic carbocycles. The molecule has 0 aromatic heterocycles. The van der Waals surface area contributed by atoms with E-state index in [4.69, 9.17) is 18.0 Å². The molecule has 1 atom stereocenters. The minimum Gasteiger partial charge on any atom is -0.393 e. The van der Waals surface area contributed by atoms with Gasteiger partial charge in [0.05, 0.1) is 15.6 Å². The van der Waals surface area contributed by atoms with Crippen LogP contribution in [0.1, 0.15) is 19.4 Å². The van der Waals surface area contributed by atoms with E-state index in [1.807, 2.05) is 19.1 Å². The van der Waals surface area contributed by atoms with E-state index in [0.717, 1.165) is 12.0 Å². The smallest absolute Gasteiger partial charge is 0.178 e. The lowest BCUT2D eigenvalue weighted by molar-refractivity contribution is 0.597. The maximum atomic E-state index is 11.6. The van der Waals surface area contributed by atoms with Gasteiger partial charge < -0.3 is 5.73 Å². The summed E-state index contributed by atoms with van der Waals surface area (Å²) < 4.78 is 23.2. The van der Waals surface area contributed by atoms with Crippen molar-refractivity contribution < 1.29 is 8.42 Å². The molecule has 0 heterocycles. The molecule has 1 aromatic carbocycles. The Balaban J connectivity index is 2.86. The van der Waals surface area contributed by atoms with E-state index in [0.29, 0.717) is 9.88 Å². The highest BCUT2D eigenvalue weighted by Gasteiger charge is 2.12. The molecule has 0 fully saturated rings. The van der Waals surface area contributed by atoms with Crippen molar-refractivity contribution in [2.45, 2.75) is 25.2 Å². The van der Waals surface area contributed by atoms with Crippen molar-refractivity contribution in [1.82, 2.24) is 0 Å². The lowest BCUT2D eigenvalue weighted by Crippen LogP contribution is -2.20. The molecule has 0 spiro atoms. The minimum atomic E-state index is -3.11. The van der Waals surface area contributed by atoms with Crippen molar-refractivity contribution in [2.75, 3.05) is 5.75 Å². The third kappa shape index (κ3) is 3.78. The quantitative estimate of drug-likeness (QED) is 0.832. The van der Waals surface area contributed by atoms with Crippen LogP contribution in [-0.4, -0.2) is 19.2 Å². The predicted molar refractivity (Wildman–Crippen MR) is 73.8 cm³/mol. The summed E-state index contributed by atoms with van der Waals surface area (Å²) in [6.07, 6.45) is 0.738. The predicted octanol–water partition coefficient (Wildman–Crippen LogP) is 1.94. The van der Waals surface area contributed by atoms with Crippen molar-refractivity contribution in [1.29, 1.82) is 0 Å². The number of nitrogens with two attached hydrogens (primary N) is 1. The molecule has 0 amide bonds. The van der Waals surface area contributed by atoms with Gasteiger partial charge in [0.2, 0.25) is 0 Å². The third-order valence-electron chi connectivity index (χ3n) is 2.69. The monoisotopic (exact) mass is 271 g/mol. The first-order chi connectivity index (χ1) is 7.86. The first-order valence-electron chi connectivity index (χ1n) is 5.48. The van der Waals surface area contributed by atoms with Crippen LogP contribution < -0.4 is 5.73 Å². The summed E-state index contributed by atoms with van der Waals surface area (Å²) in [5.41, 5.74) is 6.58. The maximum Gasteiger partial charge on any atom is 0.178 e. The Hall–Kier alpha value is -0.940. The van der Waals surface area contributed by atoms with E-state index in [-0.39, 0.29) is 11.7 Å². The summed E-state index contributed by atoms with van der Waals surface area (Å²) in [6, 6.07) is 6.91. The molecule has 5 heteroatoms. The Labute approximate surface area is 108 Å². The van der Waals surface area contributed by atoms with Gasteiger partial charge >= 0.3 is 0 Å². The second-order valence-electron chi connectivity index (χ2n) is 4.05. The Morgan fingerprint density at radius 1 is 1.35 bits per heavy atom. The number of thiocarbonyl (C=S) groups is 1. The van der Waals surface area contributed by atoms with Gasteiger partial charge in [0.25, 0.3) is 0 Å². The summed E-state index contributed by atoms with van der Waals surface area (Å²) in [7, 11) is -3.11. The van der Waals surface area contributed by atoms with Crippen LogP contribution in [0.25, 0.3) is 0 Å². The fraction of sp³-hybridized carbons (Fsp3) is 0.417. The van der Waals surface area contributed by atoms with Crippen molar-refractivity contribution >= 4 is 27.0 Å². The van der Waals surface area contributed by atoms with Crippen molar-refractivity contribution in [3.8, 4) is 0 Å². The van der Waals surface area contributed by atoms with E-state index in [1.54, 1.807) is 19.1 Å².